The van der Waals surface area contributed by atoms with Gasteiger partial charge in [0, 0.05) is 58.7 Å². The molecular formula is C29H26BrN4O2+. The lowest BCUT2D eigenvalue weighted by molar-refractivity contribution is -0.361. The van der Waals surface area contributed by atoms with E-state index >= 15 is 0 Å². The summed E-state index contributed by atoms with van der Waals surface area (Å²) in [6, 6.07) is 18.3. The van der Waals surface area contributed by atoms with Gasteiger partial charge in [-0.15, -0.1) is 0 Å². The second kappa shape index (κ2) is 8.75. The largest absolute Gasteiger partial charge is 0.362 e. The number of aryl methyl sites for hydroxylation is 1. The van der Waals surface area contributed by atoms with Crippen molar-refractivity contribution in [1.82, 2.24) is 9.88 Å². The van der Waals surface area contributed by atoms with Crippen LogP contribution < -0.4 is 15.6 Å². The number of carbonyl (C=O) groups excluding carboxylic acids is 2. The van der Waals surface area contributed by atoms with Gasteiger partial charge >= 0.3 is 5.91 Å². The van der Waals surface area contributed by atoms with Gasteiger partial charge in [-0.3, -0.25) is 4.79 Å². The topological polar surface area (TPSA) is 77.3 Å². The van der Waals surface area contributed by atoms with E-state index in [1.165, 1.54) is 0 Å². The van der Waals surface area contributed by atoms with Gasteiger partial charge in [0.2, 0.25) is 0 Å². The predicted octanol–water partition coefficient (Wildman–Crippen LogP) is 5.37. The molecule has 0 saturated carbocycles. The zero-order chi connectivity index (χ0) is 25.0. The highest BCUT2D eigenvalue weighted by atomic mass is 79.9. The molecule has 3 heterocycles. The van der Waals surface area contributed by atoms with Gasteiger partial charge in [-0.05, 0) is 59.1 Å². The summed E-state index contributed by atoms with van der Waals surface area (Å²) in [5.41, 5.74) is 5.50. The van der Waals surface area contributed by atoms with Crippen molar-refractivity contribution in [3.8, 4) is 0 Å². The molecule has 2 aromatic heterocycles. The number of allylic oxidation sites excluding steroid dienone is 3. The summed E-state index contributed by atoms with van der Waals surface area (Å²) < 4.78 is 3.07. The van der Waals surface area contributed by atoms with Gasteiger partial charge < -0.3 is 9.88 Å². The summed E-state index contributed by atoms with van der Waals surface area (Å²) in [6.45, 7) is 1.92. The van der Waals surface area contributed by atoms with E-state index in [0.717, 1.165) is 49.7 Å². The zero-order valence-electron chi connectivity index (χ0n) is 20.1. The minimum atomic E-state index is -0.412. The highest BCUT2D eigenvalue weighted by Gasteiger charge is 2.44. The van der Waals surface area contributed by atoms with Gasteiger partial charge in [-0.25, -0.2) is 15.1 Å². The number of nitrogens with one attached hydrogen (secondary N) is 3. The van der Waals surface area contributed by atoms with Crippen LogP contribution in [0.3, 0.4) is 0 Å². The Morgan fingerprint density at radius 2 is 1.89 bits per heavy atom. The summed E-state index contributed by atoms with van der Waals surface area (Å²) >= 11 is 3.41. The van der Waals surface area contributed by atoms with Gasteiger partial charge in [0.1, 0.15) is 12.0 Å². The van der Waals surface area contributed by atoms with Crippen molar-refractivity contribution in [2.45, 2.75) is 25.7 Å². The SMILES string of the molecule is CC1=C(C(=O)Nc2ccc(Br)c[nH+]2)C(c2ccc3c(c2)c2ccccc2n3C)C2C(=O)CCC=C2N1. The first-order valence-electron chi connectivity index (χ1n) is 12.1. The number of aromatic nitrogens is 2. The van der Waals surface area contributed by atoms with Crippen molar-refractivity contribution in [3.63, 3.8) is 0 Å². The van der Waals surface area contributed by atoms with Gasteiger partial charge in [0.05, 0.1) is 16.0 Å². The van der Waals surface area contributed by atoms with E-state index in [0.29, 0.717) is 17.8 Å². The first kappa shape index (κ1) is 22.7. The molecule has 7 heteroatoms. The van der Waals surface area contributed by atoms with Crippen LogP contribution in [0.4, 0.5) is 5.82 Å². The van der Waals surface area contributed by atoms with Crippen LogP contribution in [0.2, 0.25) is 0 Å². The number of para-hydroxylation sites is 1. The Balaban J connectivity index is 1.51. The van der Waals surface area contributed by atoms with Crippen molar-refractivity contribution in [1.29, 1.82) is 0 Å². The summed E-state index contributed by atoms with van der Waals surface area (Å²) in [6.07, 6.45) is 5.08. The fraction of sp³-hybridized carbons (Fsp3) is 0.207. The van der Waals surface area contributed by atoms with E-state index in [4.69, 9.17) is 0 Å². The minimum absolute atomic E-state index is 0.163. The lowest BCUT2D eigenvalue weighted by Crippen LogP contribution is -2.41. The van der Waals surface area contributed by atoms with Crippen LogP contribution in [0.5, 0.6) is 0 Å². The Hall–Kier alpha value is -3.71. The van der Waals surface area contributed by atoms with E-state index in [-0.39, 0.29) is 17.6 Å². The first-order chi connectivity index (χ1) is 17.4. The molecule has 2 aromatic carbocycles. The molecule has 1 aliphatic heterocycles. The van der Waals surface area contributed by atoms with E-state index in [2.05, 4.69) is 79.6 Å². The number of aromatic amines is 1. The standard InChI is InChI=1S/C29H25BrN4O2/c1-16-26(29(36)33-25-13-11-18(30)15-31-25)27(28-21(32-16)7-5-9-24(28)35)17-10-12-23-20(14-17)19-6-3-4-8-22(19)34(23)2/h3-4,6-8,10-15,27-28,32H,5,9H2,1-2H3,(H,31,33,36)/p+1. The highest BCUT2D eigenvalue weighted by Crippen LogP contribution is 2.45. The number of rotatable bonds is 3. The second-order valence-electron chi connectivity index (χ2n) is 9.51. The number of hydrogen-bond acceptors (Lipinski definition) is 3. The smallest absolute Gasteiger partial charge is 0.337 e. The molecule has 6 nitrogen and oxygen atoms in total. The number of benzene rings is 2. The Morgan fingerprint density at radius 3 is 2.69 bits per heavy atom. The summed E-state index contributed by atoms with van der Waals surface area (Å²) in [5.74, 6) is -0.272. The Labute approximate surface area is 217 Å². The fourth-order valence-electron chi connectivity index (χ4n) is 5.73. The molecule has 1 amide bonds. The van der Waals surface area contributed by atoms with E-state index < -0.39 is 5.92 Å². The van der Waals surface area contributed by atoms with Crippen LogP contribution in [0.1, 0.15) is 31.2 Å². The third kappa shape index (κ3) is 3.66. The Bertz CT molecular complexity index is 1610. The van der Waals surface area contributed by atoms with Crippen molar-refractivity contribution >= 4 is 55.2 Å². The van der Waals surface area contributed by atoms with Crippen LogP contribution in [0, 0.1) is 5.92 Å². The first-order valence-corrected chi connectivity index (χ1v) is 12.9. The minimum Gasteiger partial charge on any atom is -0.362 e. The number of hydrogen-bond donors (Lipinski definition) is 2. The van der Waals surface area contributed by atoms with E-state index in [1.54, 1.807) is 6.20 Å². The number of fused-ring (bicyclic) bond motifs is 4. The molecule has 6 rings (SSSR count). The molecule has 0 spiro atoms. The predicted molar refractivity (Wildman–Crippen MR) is 144 cm³/mol. The maximum absolute atomic E-state index is 13.7. The summed E-state index contributed by atoms with van der Waals surface area (Å²) in [7, 11) is 2.07. The van der Waals surface area contributed by atoms with Gasteiger partial charge in [-0.2, -0.15) is 0 Å². The van der Waals surface area contributed by atoms with Crippen molar-refractivity contribution in [2.24, 2.45) is 13.0 Å². The van der Waals surface area contributed by atoms with Gasteiger partial charge in [0.15, 0.2) is 0 Å². The summed E-state index contributed by atoms with van der Waals surface area (Å²) in [5, 5.41) is 8.67. The van der Waals surface area contributed by atoms with Crippen LogP contribution in [0.15, 0.2) is 88.3 Å². The maximum Gasteiger partial charge on any atom is 0.337 e. The number of pyridine rings is 1. The van der Waals surface area contributed by atoms with E-state index in [9.17, 15) is 9.59 Å². The summed E-state index contributed by atoms with van der Waals surface area (Å²) in [4.78, 5) is 30.1. The normalized spacial score (nSPS) is 19.8. The second-order valence-corrected chi connectivity index (χ2v) is 10.4. The van der Waals surface area contributed by atoms with Crippen molar-refractivity contribution in [3.05, 3.63) is 93.9 Å². The van der Waals surface area contributed by atoms with Crippen LogP contribution in [-0.4, -0.2) is 16.3 Å². The maximum atomic E-state index is 13.7. The molecule has 180 valence electrons. The average Bonchev–Trinajstić information content (AvgIpc) is 3.16. The Kier molecular flexibility index (Phi) is 5.52. The molecular weight excluding hydrogens is 516 g/mol. The zero-order valence-corrected chi connectivity index (χ0v) is 21.6. The van der Waals surface area contributed by atoms with Gasteiger partial charge in [0.25, 0.3) is 5.82 Å². The van der Waals surface area contributed by atoms with Crippen LogP contribution in [-0.2, 0) is 16.6 Å². The molecule has 36 heavy (non-hydrogen) atoms. The van der Waals surface area contributed by atoms with Gasteiger partial charge in [-0.1, -0.05) is 30.3 Å². The average molecular weight is 542 g/mol. The lowest BCUT2D eigenvalue weighted by atomic mass is 9.70. The molecule has 0 radical (unpaired) electrons. The molecule has 2 aliphatic rings. The third-order valence-corrected chi connectivity index (χ3v) is 7.87. The molecule has 0 fully saturated rings. The third-order valence-electron chi connectivity index (χ3n) is 7.38. The molecule has 2 unspecified atom stereocenters. The lowest BCUT2D eigenvalue weighted by Gasteiger charge is -2.37. The molecule has 3 N–H and O–H groups in total. The fourth-order valence-corrected chi connectivity index (χ4v) is 5.97. The molecule has 4 aromatic rings. The van der Waals surface area contributed by atoms with Crippen molar-refractivity contribution in [2.75, 3.05) is 5.32 Å². The molecule has 0 bridgehead atoms. The van der Waals surface area contributed by atoms with Crippen LogP contribution in [0.25, 0.3) is 21.8 Å². The molecule has 2 atom stereocenters. The number of halogens is 1. The number of amides is 1. The molecule has 1 aliphatic carbocycles. The number of anilines is 1. The van der Waals surface area contributed by atoms with E-state index in [1.807, 2.05) is 31.2 Å². The molecule has 0 saturated heterocycles. The number of nitrogens with zero attached hydrogens (tertiary/aromatic N) is 1. The number of carbonyl (C=O) groups is 2. The number of H-pyrrole nitrogens is 1. The Morgan fingerprint density at radius 1 is 1.08 bits per heavy atom. The monoisotopic (exact) mass is 541 g/mol. The quantitative estimate of drug-likeness (QED) is 0.366. The number of ketones is 1. The number of Topliss-reactive ketones (excluding diaryl/α,β-unsaturated/α-hetero) is 1. The highest BCUT2D eigenvalue weighted by molar-refractivity contribution is 9.10. The van der Waals surface area contributed by atoms with Crippen molar-refractivity contribution < 1.29 is 14.6 Å². The van der Waals surface area contributed by atoms with Crippen LogP contribution >= 0.6 is 15.9 Å².